The standard InChI is InChI=1S/C16H32N2O3/c1-6-10-17-16(4,15(19)20-7-2)9-11-18(5)14-8-12-21-13(14)3/h13-14,17H,6-12H2,1-5H3. The molecule has 3 atom stereocenters. The third-order valence-corrected chi connectivity index (χ3v) is 4.36. The van der Waals surface area contributed by atoms with Gasteiger partial charge in [0.1, 0.15) is 5.54 Å². The first-order chi connectivity index (χ1) is 9.94. The van der Waals surface area contributed by atoms with E-state index >= 15 is 0 Å². The topological polar surface area (TPSA) is 50.8 Å². The van der Waals surface area contributed by atoms with E-state index in [0.29, 0.717) is 12.6 Å². The van der Waals surface area contributed by atoms with Gasteiger partial charge in [-0.15, -0.1) is 0 Å². The normalized spacial score (nSPS) is 25.0. The molecule has 1 N–H and O–H groups in total. The van der Waals surface area contributed by atoms with E-state index in [1.54, 1.807) is 0 Å². The van der Waals surface area contributed by atoms with Crippen molar-refractivity contribution in [1.29, 1.82) is 0 Å². The Kier molecular flexibility index (Phi) is 7.63. The molecular weight excluding hydrogens is 268 g/mol. The summed E-state index contributed by atoms with van der Waals surface area (Å²) in [6, 6.07) is 0.447. The lowest BCUT2D eigenvalue weighted by molar-refractivity contribution is -0.151. The van der Waals surface area contributed by atoms with Crippen molar-refractivity contribution in [2.45, 2.75) is 64.6 Å². The SMILES string of the molecule is CCCNC(C)(CCN(C)C1CCOC1C)C(=O)OCC. The molecule has 1 aliphatic rings. The van der Waals surface area contributed by atoms with Crippen LogP contribution < -0.4 is 5.32 Å². The van der Waals surface area contributed by atoms with E-state index in [1.165, 1.54) is 0 Å². The number of carbonyl (C=O) groups is 1. The number of rotatable bonds is 9. The molecule has 0 aromatic heterocycles. The first-order valence-corrected chi connectivity index (χ1v) is 8.18. The number of carbonyl (C=O) groups excluding carboxylic acids is 1. The minimum atomic E-state index is -0.608. The molecule has 0 amide bonds. The van der Waals surface area contributed by atoms with E-state index in [0.717, 1.165) is 39.0 Å². The van der Waals surface area contributed by atoms with Crippen molar-refractivity contribution in [3.8, 4) is 0 Å². The zero-order valence-electron chi connectivity index (χ0n) is 14.3. The number of hydrogen-bond acceptors (Lipinski definition) is 5. The summed E-state index contributed by atoms with van der Waals surface area (Å²) in [5, 5.41) is 3.36. The second-order valence-corrected chi connectivity index (χ2v) is 6.14. The minimum Gasteiger partial charge on any atom is -0.465 e. The maximum Gasteiger partial charge on any atom is 0.326 e. The second kappa shape index (κ2) is 8.71. The summed E-state index contributed by atoms with van der Waals surface area (Å²) in [6.07, 6.45) is 3.08. The zero-order valence-corrected chi connectivity index (χ0v) is 14.3. The average molecular weight is 300 g/mol. The van der Waals surface area contributed by atoms with Gasteiger partial charge in [0.05, 0.1) is 12.7 Å². The fourth-order valence-electron chi connectivity index (χ4n) is 2.82. The quantitative estimate of drug-likeness (QED) is 0.658. The highest BCUT2D eigenvalue weighted by Crippen LogP contribution is 2.20. The summed E-state index contributed by atoms with van der Waals surface area (Å²) in [5.41, 5.74) is -0.608. The number of hydrogen-bond donors (Lipinski definition) is 1. The molecule has 0 spiro atoms. The van der Waals surface area contributed by atoms with Crippen LogP contribution in [0.4, 0.5) is 0 Å². The predicted octanol–water partition coefficient (Wildman–Crippen LogP) is 1.81. The van der Waals surface area contributed by atoms with E-state index in [2.05, 4.69) is 31.1 Å². The van der Waals surface area contributed by atoms with Crippen LogP contribution in [0.25, 0.3) is 0 Å². The fourth-order valence-corrected chi connectivity index (χ4v) is 2.82. The van der Waals surface area contributed by atoms with Gasteiger partial charge in [-0.25, -0.2) is 0 Å². The van der Waals surface area contributed by atoms with Crippen LogP contribution in [0, 0.1) is 0 Å². The van der Waals surface area contributed by atoms with E-state index < -0.39 is 5.54 Å². The molecule has 124 valence electrons. The largest absolute Gasteiger partial charge is 0.465 e. The van der Waals surface area contributed by atoms with Gasteiger partial charge in [0, 0.05) is 19.2 Å². The molecular formula is C16H32N2O3. The van der Waals surface area contributed by atoms with E-state index in [4.69, 9.17) is 9.47 Å². The van der Waals surface area contributed by atoms with Crippen molar-refractivity contribution in [3.63, 3.8) is 0 Å². The van der Waals surface area contributed by atoms with Gasteiger partial charge in [-0.05, 0) is 53.6 Å². The van der Waals surface area contributed by atoms with Gasteiger partial charge in [0.2, 0.25) is 0 Å². The highest BCUT2D eigenvalue weighted by Gasteiger charge is 2.35. The van der Waals surface area contributed by atoms with Gasteiger partial charge >= 0.3 is 5.97 Å². The van der Waals surface area contributed by atoms with Crippen LogP contribution in [0.2, 0.25) is 0 Å². The summed E-state index contributed by atoms with van der Waals surface area (Å²) < 4.78 is 10.9. The first-order valence-electron chi connectivity index (χ1n) is 8.18. The van der Waals surface area contributed by atoms with Gasteiger partial charge < -0.3 is 19.7 Å². The summed E-state index contributed by atoms with van der Waals surface area (Å²) in [5.74, 6) is -0.150. The molecule has 0 bridgehead atoms. The molecule has 0 aromatic carbocycles. The van der Waals surface area contributed by atoms with Gasteiger partial charge in [-0.2, -0.15) is 0 Å². The Morgan fingerprint density at radius 2 is 2.19 bits per heavy atom. The number of nitrogens with one attached hydrogen (secondary N) is 1. The Labute approximate surface area is 129 Å². The third kappa shape index (κ3) is 5.24. The van der Waals surface area contributed by atoms with Crippen LogP contribution in [-0.2, 0) is 14.3 Å². The van der Waals surface area contributed by atoms with Crippen molar-refractivity contribution in [1.82, 2.24) is 10.2 Å². The Bertz CT molecular complexity index is 325. The number of ether oxygens (including phenoxy) is 2. The monoisotopic (exact) mass is 300 g/mol. The van der Waals surface area contributed by atoms with Crippen molar-refractivity contribution in [3.05, 3.63) is 0 Å². The molecule has 1 heterocycles. The average Bonchev–Trinajstić information content (AvgIpc) is 2.89. The molecule has 0 aromatic rings. The minimum absolute atomic E-state index is 0.150. The molecule has 0 radical (unpaired) electrons. The summed E-state index contributed by atoms with van der Waals surface area (Å²) >= 11 is 0. The number of nitrogens with zero attached hydrogens (tertiary/aromatic N) is 1. The van der Waals surface area contributed by atoms with Crippen molar-refractivity contribution >= 4 is 5.97 Å². The Hall–Kier alpha value is -0.650. The fraction of sp³-hybridized carbons (Fsp3) is 0.938. The molecule has 1 rings (SSSR count). The second-order valence-electron chi connectivity index (χ2n) is 6.14. The van der Waals surface area contributed by atoms with Gasteiger partial charge in [-0.1, -0.05) is 6.92 Å². The maximum absolute atomic E-state index is 12.2. The number of esters is 1. The van der Waals surface area contributed by atoms with Crippen LogP contribution >= 0.6 is 0 Å². The van der Waals surface area contributed by atoms with Crippen molar-refractivity contribution in [2.24, 2.45) is 0 Å². The number of likely N-dealkylation sites (N-methyl/N-ethyl adjacent to an activating group) is 1. The van der Waals surface area contributed by atoms with E-state index in [-0.39, 0.29) is 12.1 Å². The Balaban J connectivity index is 2.57. The van der Waals surface area contributed by atoms with Gasteiger partial charge in [-0.3, -0.25) is 4.79 Å². The lowest BCUT2D eigenvalue weighted by Gasteiger charge is -2.33. The van der Waals surface area contributed by atoms with Crippen molar-refractivity contribution < 1.29 is 14.3 Å². The van der Waals surface area contributed by atoms with Gasteiger partial charge in [0.15, 0.2) is 0 Å². The highest BCUT2D eigenvalue weighted by atomic mass is 16.5. The first kappa shape index (κ1) is 18.4. The molecule has 5 nitrogen and oxygen atoms in total. The van der Waals surface area contributed by atoms with E-state index in [9.17, 15) is 4.79 Å². The molecule has 0 aliphatic carbocycles. The lowest BCUT2D eigenvalue weighted by atomic mass is 9.96. The smallest absolute Gasteiger partial charge is 0.326 e. The van der Waals surface area contributed by atoms with Crippen LogP contribution in [0.1, 0.15) is 47.0 Å². The molecule has 21 heavy (non-hydrogen) atoms. The van der Waals surface area contributed by atoms with Crippen molar-refractivity contribution in [2.75, 3.05) is 33.4 Å². The summed E-state index contributed by atoms with van der Waals surface area (Å²) in [7, 11) is 2.11. The highest BCUT2D eigenvalue weighted by molar-refractivity contribution is 5.80. The molecule has 1 fully saturated rings. The van der Waals surface area contributed by atoms with Gasteiger partial charge in [0.25, 0.3) is 0 Å². The molecule has 0 saturated carbocycles. The zero-order chi connectivity index (χ0) is 15.9. The lowest BCUT2D eigenvalue weighted by Crippen LogP contribution is -2.53. The third-order valence-electron chi connectivity index (χ3n) is 4.36. The Morgan fingerprint density at radius 3 is 2.71 bits per heavy atom. The predicted molar refractivity (Wildman–Crippen MR) is 84.4 cm³/mol. The van der Waals surface area contributed by atoms with Crippen LogP contribution in [0.5, 0.6) is 0 Å². The Morgan fingerprint density at radius 1 is 1.48 bits per heavy atom. The van der Waals surface area contributed by atoms with Crippen LogP contribution in [0.15, 0.2) is 0 Å². The molecule has 3 unspecified atom stereocenters. The summed E-state index contributed by atoms with van der Waals surface area (Å²) in [6.45, 7) is 10.9. The maximum atomic E-state index is 12.2. The van der Waals surface area contributed by atoms with E-state index in [1.807, 2.05) is 13.8 Å². The van der Waals surface area contributed by atoms with Crippen LogP contribution in [-0.4, -0.2) is 61.9 Å². The molecule has 5 heteroatoms. The summed E-state index contributed by atoms with van der Waals surface area (Å²) in [4.78, 5) is 14.5. The molecule has 1 saturated heterocycles. The molecule has 1 aliphatic heterocycles. The van der Waals surface area contributed by atoms with Crippen LogP contribution in [0.3, 0.4) is 0 Å².